The molecule has 0 aliphatic heterocycles. The molecule has 0 amide bonds. The third-order valence-electron chi connectivity index (χ3n) is 0.661. The average molecular weight is 151 g/mol. The Morgan fingerprint density at radius 2 is 2.45 bits per heavy atom. The van der Waals surface area contributed by atoms with Gasteiger partial charge in [-0.1, -0.05) is 12.7 Å². The molecule has 0 unspecified atom stereocenters. The van der Waals surface area contributed by atoms with E-state index in [0.29, 0.717) is 6.20 Å². The number of nitrogens with zero attached hydrogens (tertiary/aromatic N) is 3. The molecular formula is C6H5N3O2. The van der Waals surface area contributed by atoms with Crippen LogP contribution in [0.1, 0.15) is 0 Å². The second-order valence-corrected chi connectivity index (χ2v) is 1.43. The van der Waals surface area contributed by atoms with Gasteiger partial charge in [0.05, 0.1) is 4.92 Å². The number of allylic oxidation sites excluding steroid dienone is 2. The molecule has 0 aromatic heterocycles. The normalized spacial score (nSPS) is 11.0. The second-order valence-electron chi connectivity index (χ2n) is 1.43. The van der Waals surface area contributed by atoms with Crippen LogP contribution in [-0.2, 0) is 0 Å². The summed E-state index contributed by atoms with van der Waals surface area (Å²) in [6.07, 6.45) is 3.06. The van der Waals surface area contributed by atoms with Crippen molar-refractivity contribution in [1.82, 2.24) is 0 Å². The molecule has 56 valence electrons. The van der Waals surface area contributed by atoms with Crippen LogP contribution in [0.3, 0.4) is 0 Å². The van der Waals surface area contributed by atoms with Gasteiger partial charge in [-0.3, -0.25) is 10.1 Å². The fraction of sp³-hybridized carbons (Fsp3) is 0. The first-order valence-electron chi connectivity index (χ1n) is 2.61. The van der Waals surface area contributed by atoms with Gasteiger partial charge in [0, 0.05) is 6.21 Å². The van der Waals surface area contributed by atoms with Crippen LogP contribution in [0.25, 0.3) is 0 Å². The van der Waals surface area contributed by atoms with Gasteiger partial charge >= 0.3 is 0 Å². The van der Waals surface area contributed by atoms with Crippen LogP contribution in [0.2, 0.25) is 0 Å². The number of hydrogen-bond acceptors (Lipinski definition) is 4. The van der Waals surface area contributed by atoms with Crippen molar-refractivity contribution in [1.29, 1.82) is 5.26 Å². The number of aliphatic imine (C=N–C) groups is 1. The zero-order valence-corrected chi connectivity index (χ0v) is 5.60. The molecule has 0 aromatic carbocycles. The molecule has 5 heteroatoms. The van der Waals surface area contributed by atoms with Crippen molar-refractivity contribution < 1.29 is 4.92 Å². The van der Waals surface area contributed by atoms with E-state index in [9.17, 15) is 10.1 Å². The topological polar surface area (TPSA) is 79.3 Å². The summed E-state index contributed by atoms with van der Waals surface area (Å²) in [6, 6.07) is 1.54. The number of rotatable bonds is 3. The minimum atomic E-state index is -0.737. The summed E-state index contributed by atoms with van der Waals surface area (Å²) < 4.78 is 0. The van der Waals surface area contributed by atoms with Crippen molar-refractivity contribution in [3.05, 3.63) is 34.7 Å². The van der Waals surface area contributed by atoms with Gasteiger partial charge in [-0.05, 0) is 0 Å². The molecule has 0 saturated carbocycles. The highest BCUT2D eigenvalue weighted by molar-refractivity contribution is 5.71. The Labute approximate surface area is 63.1 Å². The van der Waals surface area contributed by atoms with Gasteiger partial charge in [-0.25, -0.2) is 4.99 Å². The van der Waals surface area contributed by atoms with Crippen molar-refractivity contribution in [2.24, 2.45) is 4.99 Å². The smallest absolute Gasteiger partial charge is 0.259 e. The summed E-state index contributed by atoms with van der Waals surface area (Å²) in [6.45, 7) is 3.29. The van der Waals surface area contributed by atoms with E-state index in [2.05, 4.69) is 11.6 Å². The third-order valence-corrected chi connectivity index (χ3v) is 0.661. The molecule has 0 aliphatic carbocycles. The first kappa shape index (κ1) is 9.04. The molecular weight excluding hydrogens is 146 g/mol. The highest BCUT2D eigenvalue weighted by Crippen LogP contribution is 1.92. The molecule has 5 nitrogen and oxygen atoms in total. The maximum atomic E-state index is 9.81. The maximum Gasteiger partial charge on any atom is 0.270 e. The Hall–Kier alpha value is -1.96. The van der Waals surface area contributed by atoms with Crippen LogP contribution in [-0.4, -0.2) is 11.1 Å². The Balaban J connectivity index is 4.43. The summed E-state index contributed by atoms with van der Waals surface area (Å²) in [5.41, 5.74) is -0.255. The Bertz CT molecular complexity index is 259. The molecule has 0 spiro atoms. The second kappa shape index (κ2) is 4.88. The van der Waals surface area contributed by atoms with E-state index in [0.717, 1.165) is 0 Å². The van der Waals surface area contributed by atoms with Gasteiger partial charge < -0.3 is 0 Å². The molecule has 11 heavy (non-hydrogen) atoms. The van der Waals surface area contributed by atoms with E-state index in [-0.39, 0.29) is 5.70 Å². The summed E-state index contributed by atoms with van der Waals surface area (Å²) in [5.74, 6) is 0. The summed E-state index contributed by atoms with van der Waals surface area (Å²) in [5, 5.41) is 18.0. The fourth-order valence-electron chi connectivity index (χ4n) is 0.324. The van der Waals surface area contributed by atoms with Crippen molar-refractivity contribution in [3.8, 4) is 6.07 Å². The Kier molecular flexibility index (Phi) is 4.01. The lowest BCUT2D eigenvalue weighted by atomic mass is 10.5. The van der Waals surface area contributed by atoms with Crippen LogP contribution in [0, 0.1) is 21.4 Å². The molecule has 0 atom stereocenters. The first-order valence-corrected chi connectivity index (χ1v) is 2.61. The van der Waals surface area contributed by atoms with Gasteiger partial charge in [0.2, 0.25) is 5.70 Å². The number of hydrogen-bond donors (Lipinski definition) is 0. The van der Waals surface area contributed by atoms with Crippen molar-refractivity contribution in [3.63, 3.8) is 0 Å². The summed E-state index contributed by atoms with van der Waals surface area (Å²) >= 11 is 0. The quantitative estimate of drug-likeness (QED) is 0.260. The highest BCUT2D eigenvalue weighted by atomic mass is 16.6. The van der Waals surface area contributed by atoms with Crippen LogP contribution >= 0.6 is 0 Å². The Morgan fingerprint density at radius 1 is 1.82 bits per heavy atom. The van der Waals surface area contributed by atoms with Gasteiger partial charge in [-0.15, -0.1) is 0 Å². The molecule has 0 bridgehead atoms. The summed E-state index contributed by atoms with van der Waals surface area (Å²) in [4.78, 5) is 12.5. The van der Waals surface area contributed by atoms with Crippen molar-refractivity contribution in [2.75, 3.05) is 0 Å². The first-order chi connectivity index (χ1) is 5.20. The highest BCUT2D eigenvalue weighted by Gasteiger charge is 1.95. The molecule has 0 fully saturated rings. The lowest BCUT2D eigenvalue weighted by molar-refractivity contribution is -0.403. The minimum Gasteiger partial charge on any atom is -0.259 e. The fourth-order valence-corrected chi connectivity index (χ4v) is 0.324. The largest absolute Gasteiger partial charge is 0.270 e. The number of nitro groups is 1. The van der Waals surface area contributed by atoms with Crippen LogP contribution in [0.15, 0.2) is 29.5 Å². The lowest BCUT2D eigenvalue weighted by Crippen LogP contribution is -1.86. The molecule has 0 rings (SSSR count). The van der Waals surface area contributed by atoms with Crippen LogP contribution < -0.4 is 0 Å². The lowest BCUT2D eigenvalue weighted by Gasteiger charge is -1.80. The monoisotopic (exact) mass is 151 g/mol. The molecule has 0 aromatic rings. The SMILES string of the molecule is C=C/C=N\C(C#N)=C\[N+](=O)[O-]. The van der Waals surface area contributed by atoms with Crippen LogP contribution in [0.4, 0.5) is 0 Å². The van der Waals surface area contributed by atoms with Crippen molar-refractivity contribution in [2.45, 2.75) is 0 Å². The molecule has 0 radical (unpaired) electrons. The van der Waals surface area contributed by atoms with E-state index in [1.807, 2.05) is 0 Å². The van der Waals surface area contributed by atoms with Crippen LogP contribution in [0.5, 0.6) is 0 Å². The zero-order chi connectivity index (χ0) is 8.69. The maximum absolute atomic E-state index is 9.81. The predicted octanol–water partition coefficient (Wildman–Crippen LogP) is 0.885. The Morgan fingerprint density at radius 3 is 2.82 bits per heavy atom. The van der Waals surface area contributed by atoms with Gasteiger partial charge in [0.1, 0.15) is 6.07 Å². The molecule has 0 N–H and O–H groups in total. The van der Waals surface area contributed by atoms with E-state index >= 15 is 0 Å². The predicted molar refractivity (Wildman–Crippen MR) is 39.4 cm³/mol. The van der Waals surface area contributed by atoms with Gasteiger partial charge in [0.25, 0.3) is 6.20 Å². The molecule has 0 saturated heterocycles. The van der Waals surface area contributed by atoms with Gasteiger partial charge in [-0.2, -0.15) is 5.26 Å². The average Bonchev–Trinajstić information content (AvgIpc) is 1.97. The standard InChI is InChI=1S/C6H5N3O2/c1-2-3-8-6(4-7)5-9(10)11/h2-3,5H,1H2/b6-5+,8-3-. The molecule has 0 aliphatic rings. The zero-order valence-electron chi connectivity index (χ0n) is 5.60. The van der Waals surface area contributed by atoms with E-state index in [1.54, 1.807) is 6.07 Å². The minimum absolute atomic E-state index is 0.255. The summed E-state index contributed by atoms with van der Waals surface area (Å²) in [7, 11) is 0. The third kappa shape index (κ3) is 4.54. The van der Waals surface area contributed by atoms with E-state index in [1.165, 1.54) is 12.3 Å². The van der Waals surface area contributed by atoms with E-state index in [4.69, 9.17) is 5.26 Å². The molecule has 0 heterocycles. The van der Waals surface area contributed by atoms with E-state index < -0.39 is 4.92 Å². The van der Waals surface area contributed by atoms with Gasteiger partial charge in [0.15, 0.2) is 0 Å². The van der Waals surface area contributed by atoms with Crippen molar-refractivity contribution >= 4 is 6.21 Å². The number of nitriles is 1.